The van der Waals surface area contributed by atoms with Crippen LogP contribution in [0.15, 0.2) is 30.6 Å². The third-order valence-corrected chi connectivity index (χ3v) is 4.57. The van der Waals surface area contributed by atoms with Crippen LogP contribution in [-0.4, -0.2) is 61.3 Å². The van der Waals surface area contributed by atoms with Gasteiger partial charge in [-0.15, -0.1) is 0 Å². The standard InChI is InChI=1S/C17H21ClN6O3/c1-27-10-5-19-16-15(24(25)26)17(21-12-20-16)23-8-6-22(7-9-23)14-4-2-3-13(18)11-14/h2-4,11-12H,5-10H2,1H3,(H,19,20,21). The van der Waals surface area contributed by atoms with Gasteiger partial charge in [-0.2, -0.15) is 0 Å². The van der Waals surface area contributed by atoms with E-state index in [4.69, 9.17) is 16.3 Å². The molecule has 1 aromatic carbocycles. The number of hydrogen-bond donors (Lipinski definition) is 1. The van der Waals surface area contributed by atoms with E-state index in [0.29, 0.717) is 50.2 Å². The highest BCUT2D eigenvalue weighted by Gasteiger charge is 2.29. The van der Waals surface area contributed by atoms with Crippen molar-refractivity contribution in [2.75, 3.05) is 61.6 Å². The minimum absolute atomic E-state index is 0.107. The van der Waals surface area contributed by atoms with Gasteiger partial charge in [-0.25, -0.2) is 9.97 Å². The van der Waals surface area contributed by atoms with E-state index in [0.717, 1.165) is 5.69 Å². The Kier molecular flexibility index (Phi) is 6.25. The summed E-state index contributed by atoms with van der Waals surface area (Å²) in [7, 11) is 1.57. The fourth-order valence-electron chi connectivity index (χ4n) is 3.02. The molecular formula is C17H21ClN6O3. The molecule has 0 saturated carbocycles. The Morgan fingerprint density at radius 3 is 2.67 bits per heavy atom. The Balaban J connectivity index is 1.75. The normalized spacial score (nSPS) is 14.3. The molecule has 144 valence electrons. The summed E-state index contributed by atoms with van der Waals surface area (Å²) in [5.74, 6) is 0.542. The van der Waals surface area contributed by atoms with Gasteiger partial charge < -0.3 is 19.9 Å². The SMILES string of the molecule is COCCNc1ncnc(N2CCN(c3cccc(Cl)c3)CC2)c1[N+](=O)[O-]. The lowest BCUT2D eigenvalue weighted by Gasteiger charge is -2.36. The van der Waals surface area contributed by atoms with Gasteiger partial charge in [-0.3, -0.25) is 10.1 Å². The number of nitrogens with one attached hydrogen (secondary N) is 1. The average molecular weight is 393 g/mol. The minimum Gasteiger partial charge on any atom is -0.383 e. The van der Waals surface area contributed by atoms with Gasteiger partial charge in [0.1, 0.15) is 6.33 Å². The topological polar surface area (TPSA) is 96.7 Å². The molecule has 1 fully saturated rings. The van der Waals surface area contributed by atoms with E-state index in [1.54, 1.807) is 7.11 Å². The van der Waals surface area contributed by atoms with Crippen LogP contribution >= 0.6 is 11.6 Å². The fraction of sp³-hybridized carbons (Fsp3) is 0.412. The first-order chi connectivity index (χ1) is 13.1. The third-order valence-electron chi connectivity index (χ3n) is 4.34. The quantitative estimate of drug-likeness (QED) is 0.436. The highest BCUT2D eigenvalue weighted by molar-refractivity contribution is 6.30. The number of hydrogen-bond acceptors (Lipinski definition) is 8. The average Bonchev–Trinajstić information content (AvgIpc) is 2.68. The van der Waals surface area contributed by atoms with Crippen LogP contribution in [0.4, 0.5) is 23.0 Å². The molecule has 2 heterocycles. The van der Waals surface area contributed by atoms with Crippen LogP contribution < -0.4 is 15.1 Å². The van der Waals surface area contributed by atoms with Crippen molar-refractivity contribution in [1.82, 2.24) is 9.97 Å². The number of rotatable bonds is 7. The van der Waals surface area contributed by atoms with Gasteiger partial charge >= 0.3 is 5.69 Å². The molecule has 1 N–H and O–H groups in total. The molecule has 2 aromatic rings. The van der Waals surface area contributed by atoms with Crippen molar-refractivity contribution >= 4 is 34.6 Å². The van der Waals surface area contributed by atoms with E-state index >= 15 is 0 Å². The number of nitrogens with zero attached hydrogens (tertiary/aromatic N) is 5. The first kappa shape index (κ1) is 19.1. The second-order valence-electron chi connectivity index (χ2n) is 6.03. The lowest BCUT2D eigenvalue weighted by Crippen LogP contribution is -2.47. The molecule has 1 aromatic heterocycles. The van der Waals surface area contributed by atoms with E-state index in [1.807, 2.05) is 29.2 Å². The molecule has 10 heteroatoms. The number of piperazine rings is 1. The second kappa shape index (κ2) is 8.83. The molecule has 0 spiro atoms. The number of nitro groups is 1. The number of benzene rings is 1. The van der Waals surface area contributed by atoms with Gasteiger partial charge in [-0.1, -0.05) is 17.7 Å². The number of halogens is 1. The second-order valence-corrected chi connectivity index (χ2v) is 6.46. The molecule has 0 aliphatic carbocycles. The summed E-state index contributed by atoms with van der Waals surface area (Å²) in [4.78, 5) is 23.5. The molecule has 0 amide bonds. The Morgan fingerprint density at radius 1 is 1.26 bits per heavy atom. The molecule has 1 aliphatic rings. The van der Waals surface area contributed by atoms with Gasteiger partial charge in [0.15, 0.2) is 0 Å². The molecule has 0 radical (unpaired) electrons. The zero-order chi connectivity index (χ0) is 19.2. The largest absolute Gasteiger partial charge is 0.383 e. The van der Waals surface area contributed by atoms with Crippen molar-refractivity contribution in [2.45, 2.75) is 0 Å². The van der Waals surface area contributed by atoms with Gasteiger partial charge in [0.2, 0.25) is 11.6 Å². The van der Waals surface area contributed by atoms with E-state index in [2.05, 4.69) is 20.2 Å². The smallest absolute Gasteiger partial charge is 0.353 e. The van der Waals surface area contributed by atoms with Gasteiger partial charge in [0.05, 0.1) is 11.5 Å². The van der Waals surface area contributed by atoms with Crippen LogP contribution in [0, 0.1) is 10.1 Å². The molecule has 0 bridgehead atoms. The number of aromatic nitrogens is 2. The summed E-state index contributed by atoms with van der Waals surface area (Å²) in [5, 5.41) is 15.3. The van der Waals surface area contributed by atoms with Crippen LogP contribution in [0.2, 0.25) is 5.02 Å². The Labute approximate surface area is 162 Å². The fourth-order valence-corrected chi connectivity index (χ4v) is 3.20. The van der Waals surface area contributed by atoms with Crippen LogP contribution in [0.1, 0.15) is 0 Å². The summed E-state index contributed by atoms with van der Waals surface area (Å²) in [6.07, 6.45) is 1.35. The van der Waals surface area contributed by atoms with Gasteiger partial charge in [-0.05, 0) is 18.2 Å². The highest BCUT2D eigenvalue weighted by Crippen LogP contribution is 2.32. The lowest BCUT2D eigenvalue weighted by molar-refractivity contribution is -0.383. The summed E-state index contributed by atoms with van der Waals surface area (Å²) < 4.78 is 4.97. The van der Waals surface area contributed by atoms with E-state index < -0.39 is 4.92 Å². The molecule has 1 aliphatic heterocycles. The first-order valence-electron chi connectivity index (χ1n) is 8.58. The van der Waals surface area contributed by atoms with Crippen LogP contribution in [-0.2, 0) is 4.74 Å². The predicted octanol–water partition coefficient (Wildman–Crippen LogP) is 2.42. The van der Waals surface area contributed by atoms with Crippen molar-refractivity contribution in [3.63, 3.8) is 0 Å². The van der Waals surface area contributed by atoms with Crippen molar-refractivity contribution in [3.8, 4) is 0 Å². The van der Waals surface area contributed by atoms with Crippen molar-refractivity contribution in [3.05, 3.63) is 45.7 Å². The Bertz CT molecular complexity index is 798. The van der Waals surface area contributed by atoms with E-state index in [1.165, 1.54) is 6.33 Å². The number of methoxy groups -OCH3 is 1. The maximum atomic E-state index is 11.6. The van der Waals surface area contributed by atoms with Gasteiger partial charge in [0.25, 0.3) is 0 Å². The Morgan fingerprint density at radius 2 is 2.00 bits per heavy atom. The van der Waals surface area contributed by atoms with Crippen LogP contribution in [0.25, 0.3) is 0 Å². The van der Waals surface area contributed by atoms with Crippen molar-refractivity contribution in [2.24, 2.45) is 0 Å². The third kappa shape index (κ3) is 4.55. The zero-order valence-corrected chi connectivity index (χ0v) is 15.7. The highest BCUT2D eigenvalue weighted by atomic mass is 35.5. The van der Waals surface area contributed by atoms with E-state index in [9.17, 15) is 10.1 Å². The van der Waals surface area contributed by atoms with Crippen LogP contribution in [0.3, 0.4) is 0 Å². The molecular weight excluding hydrogens is 372 g/mol. The van der Waals surface area contributed by atoms with Crippen molar-refractivity contribution in [1.29, 1.82) is 0 Å². The minimum atomic E-state index is -0.437. The molecule has 3 rings (SSSR count). The zero-order valence-electron chi connectivity index (χ0n) is 15.0. The van der Waals surface area contributed by atoms with Crippen molar-refractivity contribution < 1.29 is 9.66 Å². The summed E-state index contributed by atoms with van der Waals surface area (Å²) in [6.45, 7) is 3.51. The summed E-state index contributed by atoms with van der Waals surface area (Å²) >= 11 is 6.07. The molecule has 27 heavy (non-hydrogen) atoms. The summed E-state index contributed by atoms with van der Waals surface area (Å²) in [6, 6.07) is 7.68. The maximum absolute atomic E-state index is 11.6. The number of anilines is 3. The monoisotopic (exact) mass is 392 g/mol. The maximum Gasteiger partial charge on any atom is 0.353 e. The molecule has 0 unspecified atom stereocenters. The van der Waals surface area contributed by atoms with E-state index in [-0.39, 0.29) is 11.5 Å². The van der Waals surface area contributed by atoms with Crippen LogP contribution in [0.5, 0.6) is 0 Å². The Hall–Kier alpha value is -2.65. The summed E-state index contributed by atoms with van der Waals surface area (Å²) in [5.41, 5.74) is 0.936. The number of ether oxygens (including phenoxy) is 1. The van der Waals surface area contributed by atoms with Gasteiger partial charge in [0, 0.05) is 50.5 Å². The molecule has 1 saturated heterocycles. The lowest BCUT2D eigenvalue weighted by atomic mass is 10.2. The first-order valence-corrected chi connectivity index (χ1v) is 8.95. The molecule has 0 atom stereocenters. The predicted molar refractivity (Wildman–Crippen MR) is 105 cm³/mol. The molecule has 9 nitrogen and oxygen atoms in total.